The van der Waals surface area contributed by atoms with Crippen LogP contribution in [0.5, 0.6) is 0 Å². The molecule has 1 aromatic heterocycles. The Hall–Kier alpha value is -3.38. The first kappa shape index (κ1) is 26.2. The molecule has 0 aliphatic carbocycles. The molecule has 38 heavy (non-hydrogen) atoms. The lowest BCUT2D eigenvalue weighted by atomic mass is 9.90. The lowest BCUT2D eigenvalue weighted by molar-refractivity contribution is -0.132. The molecule has 196 valence electrons. The molecule has 0 N–H and O–H groups in total. The Morgan fingerprint density at radius 3 is 2.26 bits per heavy atom. The van der Waals surface area contributed by atoms with Gasteiger partial charge in [0.2, 0.25) is 5.91 Å². The first-order chi connectivity index (χ1) is 18.7. The molecule has 2 heterocycles. The van der Waals surface area contributed by atoms with Crippen LogP contribution in [-0.4, -0.2) is 44.4 Å². The fraction of sp³-hybridized carbons (Fsp3) is 0.344. The summed E-state index contributed by atoms with van der Waals surface area (Å²) in [5.41, 5.74) is 4.74. The molecule has 1 fully saturated rings. The maximum Gasteiger partial charge on any atom is 0.222 e. The van der Waals surface area contributed by atoms with E-state index in [1.165, 1.54) is 11.1 Å². The van der Waals surface area contributed by atoms with E-state index in [1.807, 2.05) is 18.2 Å². The summed E-state index contributed by atoms with van der Waals surface area (Å²) in [5, 5.41) is 9.97. The highest BCUT2D eigenvalue weighted by Crippen LogP contribution is 2.29. The average Bonchev–Trinajstić information content (AvgIpc) is 3.38. The second-order valence-electron chi connectivity index (χ2n) is 10.2. The Morgan fingerprint density at radius 1 is 0.868 bits per heavy atom. The molecule has 5 nitrogen and oxygen atoms in total. The Bertz CT molecular complexity index is 1300. The number of unbranched alkanes of at least 4 members (excludes halogenated alkanes) is 1. The topological polar surface area (TPSA) is 51.0 Å². The lowest BCUT2D eigenvalue weighted by Crippen LogP contribution is -2.38. The van der Waals surface area contributed by atoms with Crippen molar-refractivity contribution in [3.8, 4) is 17.1 Å². The highest BCUT2D eigenvalue weighted by Gasteiger charge is 2.22. The zero-order valence-corrected chi connectivity index (χ0v) is 22.9. The Kier molecular flexibility index (Phi) is 8.92. The molecule has 1 saturated heterocycles. The van der Waals surface area contributed by atoms with Gasteiger partial charge in [-0.05, 0) is 62.6 Å². The lowest BCUT2D eigenvalue weighted by Gasteiger charge is -2.32. The third-order valence-corrected chi connectivity index (χ3v) is 8.32. The van der Waals surface area contributed by atoms with Gasteiger partial charge in [0.05, 0.1) is 0 Å². The molecule has 1 aliphatic rings. The number of aromatic nitrogens is 3. The molecule has 0 spiro atoms. The van der Waals surface area contributed by atoms with E-state index in [9.17, 15) is 4.79 Å². The van der Waals surface area contributed by atoms with Gasteiger partial charge in [-0.1, -0.05) is 90.1 Å². The van der Waals surface area contributed by atoms with Gasteiger partial charge in [-0.3, -0.25) is 9.36 Å². The number of piperidine rings is 1. The summed E-state index contributed by atoms with van der Waals surface area (Å²) in [6.07, 6.45) is 5.84. The summed E-state index contributed by atoms with van der Waals surface area (Å²) in [4.78, 5) is 14.9. The van der Waals surface area contributed by atoms with Gasteiger partial charge in [0.15, 0.2) is 11.0 Å². The second-order valence-corrected chi connectivity index (χ2v) is 11.2. The van der Waals surface area contributed by atoms with Gasteiger partial charge in [0.25, 0.3) is 0 Å². The summed E-state index contributed by atoms with van der Waals surface area (Å²) in [6, 6.07) is 29.4. The van der Waals surface area contributed by atoms with Crippen LogP contribution in [0.25, 0.3) is 17.1 Å². The van der Waals surface area contributed by atoms with E-state index in [0.29, 0.717) is 18.2 Å². The third-order valence-electron chi connectivity index (χ3n) is 7.31. The van der Waals surface area contributed by atoms with E-state index in [-0.39, 0.29) is 0 Å². The van der Waals surface area contributed by atoms with Crippen LogP contribution in [0.15, 0.2) is 90.1 Å². The van der Waals surface area contributed by atoms with Crippen LogP contribution in [0.2, 0.25) is 0 Å². The predicted octanol–water partition coefficient (Wildman–Crippen LogP) is 6.99. The molecule has 4 aromatic rings. The number of rotatable bonds is 10. The molecule has 3 aromatic carbocycles. The van der Waals surface area contributed by atoms with E-state index in [4.69, 9.17) is 0 Å². The molecule has 6 heteroatoms. The van der Waals surface area contributed by atoms with Crippen molar-refractivity contribution in [2.75, 3.05) is 18.8 Å². The fourth-order valence-corrected chi connectivity index (χ4v) is 6.05. The molecule has 5 rings (SSSR count). The number of likely N-dealkylation sites (tertiary alicyclic amines) is 1. The molecule has 0 bridgehead atoms. The summed E-state index contributed by atoms with van der Waals surface area (Å²) in [7, 11) is 0. The average molecular weight is 525 g/mol. The molecule has 0 radical (unpaired) electrons. The van der Waals surface area contributed by atoms with Crippen LogP contribution in [0.4, 0.5) is 0 Å². The zero-order chi connectivity index (χ0) is 26.2. The normalized spacial score (nSPS) is 14.1. The maximum absolute atomic E-state index is 12.8. The van der Waals surface area contributed by atoms with E-state index in [0.717, 1.165) is 73.2 Å². The highest BCUT2D eigenvalue weighted by atomic mass is 32.2. The maximum atomic E-state index is 12.8. The SMILES string of the molecule is Cc1ccc(-c2nnc(SCCCCC(=O)N3CCC(Cc4ccccc4)CC3)n2-c2ccccc2)cc1. The number of nitrogens with zero attached hydrogens (tertiary/aromatic N) is 4. The third kappa shape index (κ3) is 6.73. The monoisotopic (exact) mass is 524 g/mol. The molecule has 1 aliphatic heterocycles. The fourth-order valence-electron chi connectivity index (χ4n) is 5.10. The molecular weight excluding hydrogens is 488 g/mol. The van der Waals surface area contributed by atoms with Crippen LogP contribution >= 0.6 is 11.8 Å². The Morgan fingerprint density at radius 2 is 1.55 bits per heavy atom. The van der Waals surface area contributed by atoms with E-state index < -0.39 is 0 Å². The number of hydrogen-bond acceptors (Lipinski definition) is 4. The van der Waals surface area contributed by atoms with Crippen molar-refractivity contribution in [2.24, 2.45) is 5.92 Å². The van der Waals surface area contributed by atoms with Crippen molar-refractivity contribution in [1.82, 2.24) is 19.7 Å². The number of para-hydroxylation sites is 1. The van der Waals surface area contributed by atoms with Crippen LogP contribution in [-0.2, 0) is 11.2 Å². The number of carbonyl (C=O) groups excluding carboxylic acids is 1. The largest absolute Gasteiger partial charge is 0.343 e. The van der Waals surface area contributed by atoms with Gasteiger partial charge in [0.1, 0.15) is 0 Å². The standard InChI is InChI=1S/C32H36N4OS/c1-25-15-17-28(18-16-25)31-33-34-32(36(31)29-12-6-3-7-13-29)38-23-9-8-14-30(37)35-21-19-27(20-22-35)24-26-10-4-2-5-11-26/h2-7,10-13,15-18,27H,8-9,14,19-24H2,1H3. The number of thioether (sulfide) groups is 1. The number of carbonyl (C=O) groups is 1. The molecule has 0 unspecified atom stereocenters. The van der Waals surface area contributed by atoms with Crippen molar-refractivity contribution >= 4 is 17.7 Å². The van der Waals surface area contributed by atoms with E-state index >= 15 is 0 Å². The van der Waals surface area contributed by atoms with E-state index in [1.54, 1.807) is 11.8 Å². The van der Waals surface area contributed by atoms with Crippen molar-refractivity contribution in [2.45, 2.75) is 50.6 Å². The minimum Gasteiger partial charge on any atom is -0.343 e. The van der Waals surface area contributed by atoms with Crippen LogP contribution in [0.1, 0.15) is 43.2 Å². The van der Waals surface area contributed by atoms with Gasteiger partial charge in [-0.15, -0.1) is 10.2 Å². The van der Waals surface area contributed by atoms with Gasteiger partial charge < -0.3 is 4.90 Å². The number of amides is 1. The summed E-state index contributed by atoms with van der Waals surface area (Å²) in [5.74, 6) is 2.75. The minimum atomic E-state index is 0.308. The van der Waals surface area contributed by atoms with Crippen molar-refractivity contribution in [1.29, 1.82) is 0 Å². The first-order valence-corrected chi connectivity index (χ1v) is 14.7. The Balaban J connectivity index is 1.10. The van der Waals surface area contributed by atoms with Gasteiger partial charge >= 0.3 is 0 Å². The summed E-state index contributed by atoms with van der Waals surface area (Å²) >= 11 is 1.71. The molecule has 1 amide bonds. The van der Waals surface area contributed by atoms with Gasteiger partial charge in [0, 0.05) is 36.5 Å². The van der Waals surface area contributed by atoms with Crippen molar-refractivity contribution < 1.29 is 4.79 Å². The smallest absolute Gasteiger partial charge is 0.222 e. The molecule has 0 atom stereocenters. The Labute approximate surface area is 230 Å². The zero-order valence-electron chi connectivity index (χ0n) is 22.1. The van der Waals surface area contributed by atoms with E-state index in [2.05, 4.69) is 93.3 Å². The minimum absolute atomic E-state index is 0.308. The number of aryl methyl sites for hydroxylation is 1. The number of hydrogen-bond donors (Lipinski definition) is 0. The van der Waals surface area contributed by atoms with Gasteiger partial charge in [-0.25, -0.2) is 0 Å². The van der Waals surface area contributed by atoms with Crippen LogP contribution in [0, 0.1) is 12.8 Å². The second kappa shape index (κ2) is 12.9. The quantitative estimate of drug-likeness (QED) is 0.166. The first-order valence-electron chi connectivity index (χ1n) is 13.7. The highest BCUT2D eigenvalue weighted by molar-refractivity contribution is 7.99. The number of benzene rings is 3. The van der Waals surface area contributed by atoms with Crippen LogP contribution < -0.4 is 0 Å². The molecular formula is C32H36N4OS. The van der Waals surface area contributed by atoms with Crippen LogP contribution in [0.3, 0.4) is 0 Å². The predicted molar refractivity (Wildman–Crippen MR) is 156 cm³/mol. The molecule has 0 saturated carbocycles. The van der Waals surface area contributed by atoms with Gasteiger partial charge in [-0.2, -0.15) is 0 Å². The van der Waals surface area contributed by atoms with Crippen molar-refractivity contribution in [3.63, 3.8) is 0 Å². The summed E-state index contributed by atoms with van der Waals surface area (Å²) < 4.78 is 2.14. The summed E-state index contributed by atoms with van der Waals surface area (Å²) in [6.45, 7) is 3.88. The van der Waals surface area contributed by atoms with Crippen molar-refractivity contribution in [3.05, 3.63) is 96.1 Å².